The first-order chi connectivity index (χ1) is 9.35. The molecule has 0 radical (unpaired) electrons. The molecule has 0 N–H and O–H groups in total. The molecule has 0 unspecified atom stereocenters. The maximum atomic E-state index is 12.5. The van der Waals surface area contributed by atoms with Crippen molar-refractivity contribution in [3.63, 3.8) is 0 Å². The van der Waals surface area contributed by atoms with Crippen molar-refractivity contribution in [1.82, 2.24) is 15.0 Å². The van der Waals surface area contributed by atoms with Crippen molar-refractivity contribution in [3.05, 3.63) is 11.4 Å². The first-order valence-corrected chi connectivity index (χ1v) is 9.27. The van der Waals surface area contributed by atoms with Crippen molar-refractivity contribution in [1.29, 1.82) is 0 Å². The second kappa shape index (κ2) is 5.84. The van der Waals surface area contributed by atoms with Gasteiger partial charge in [0.2, 0.25) is 0 Å². The highest BCUT2D eigenvalue weighted by Crippen LogP contribution is 2.37. The van der Waals surface area contributed by atoms with Gasteiger partial charge in [0.05, 0.1) is 22.9 Å². The zero-order valence-corrected chi connectivity index (χ0v) is 13.5. The van der Waals surface area contributed by atoms with Crippen LogP contribution in [0.25, 0.3) is 0 Å². The summed E-state index contributed by atoms with van der Waals surface area (Å²) in [6, 6.07) is 0. The Morgan fingerprint density at radius 2 is 1.90 bits per heavy atom. The molecule has 0 amide bonds. The van der Waals surface area contributed by atoms with Crippen molar-refractivity contribution >= 4 is 9.84 Å². The molecule has 114 valence electrons. The Kier molecular flexibility index (Phi) is 4.52. The van der Waals surface area contributed by atoms with E-state index in [1.807, 2.05) is 13.8 Å². The SMILES string of the molecule is CCn1nnc(C)c1CS(=O)(=O)CC1(C)CCCCC1. The standard InChI is InChI=1S/C14H25N3O2S/c1-4-17-13(12(2)15-16-17)10-20(18,19)11-14(3)8-6-5-7-9-14/h4-11H2,1-3H3. The van der Waals surface area contributed by atoms with Gasteiger partial charge in [-0.05, 0) is 32.1 Å². The summed E-state index contributed by atoms with van der Waals surface area (Å²) < 4.78 is 26.7. The number of hydrogen-bond donors (Lipinski definition) is 0. The predicted molar refractivity (Wildman–Crippen MR) is 79.1 cm³/mol. The van der Waals surface area contributed by atoms with E-state index < -0.39 is 9.84 Å². The van der Waals surface area contributed by atoms with Gasteiger partial charge in [0, 0.05) is 6.54 Å². The molecule has 1 saturated carbocycles. The van der Waals surface area contributed by atoms with Gasteiger partial charge in [0.1, 0.15) is 0 Å². The van der Waals surface area contributed by atoms with E-state index in [1.165, 1.54) is 6.42 Å². The fourth-order valence-corrected chi connectivity index (χ4v) is 5.42. The molecule has 1 aromatic rings. The average Bonchev–Trinajstić information content (AvgIpc) is 2.69. The molecule has 0 bridgehead atoms. The van der Waals surface area contributed by atoms with Gasteiger partial charge < -0.3 is 0 Å². The van der Waals surface area contributed by atoms with Crippen molar-refractivity contribution < 1.29 is 8.42 Å². The summed E-state index contributed by atoms with van der Waals surface area (Å²) in [4.78, 5) is 0. The Labute approximate surface area is 121 Å². The average molecular weight is 299 g/mol. The van der Waals surface area contributed by atoms with E-state index in [2.05, 4.69) is 17.2 Å². The third-order valence-electron chi connectivity index (χ3n) is 4.32. The number of rotatable bonds is 5. The first kappa shape index (κ1) is 15.5. The molecule has 2 rings (SSSR count). The van der Waals surface area contributed by atoms with Crippen LogP contribution >= 0.6 is 0 Å². The van der Waals surface area contributed by atoms with Crippen LogP contribution in [0.5, 0.6) is 0 Å². The van der Waals surface area contributed by atoms with Crippen molar-refractivity contribution in [2.24, 2.45) is 5.41 Å². The second-order valence-electron chi connectivity index (χ2n) is 6.34. The summed E-state index contributed by atoms with van der Waals surface area (Å²) in [6.45, 7) is 6.55. The first-order valence-electron chi connectivity index (χ1n) is 7.45. The Morgan fingerprint density at radius 1 is 1.25 bits per heavy atom. The van der Waals surface area contributed by atoms with Gasteiger partial charge >= 0.3 is 0 Å². The van der Waals surface area contributed by atoms with E-state index in [9.17, 15) is 8.42 Å². The molecular formula is C14H25N3O2S. The van der Waals surface area contributed by atoms with E-state index in [0.717, 1.165) is 37.1 Å². The summed E-state index contributed by atoms with van der Waals surface area (Å²) in [6.07, 6.45) is 5.59. The van der Waals surface area contributed by atoms with Crippen LogP contribution in [0, 0.1) is 12.3 Å². The van der Waals surface area contributed by atoms with Crippen LogP contribution in [0.2, 0.25) is 0 Å². The molecule has 0 atom stereocenters. The Hall–Kier alpha value is -0.910. The van der Waals surface area contributed by atoms with Crippen LogP contribution in [0.3, 0.4) is 0 Å². The van der Waals surface area contributed by atoms with Crippen LogP contribution in [-0.2, 0) is 22.1 Å². The second-order valence-corrected chi connectivity index (χ2v) is 8.41. The number of nitrogens with zero attached hydrogens (tertiary/aromatic N) is 3. The van der Waals surface area contributed by atoms with E-state index in [-0.39, 0.29) is 16.9 Å². The lowest BCUT2D eigenvalue weighted by Crippen LogP contribution is -2.30. The maximum Gasteiger partial charge on any atom is 0.156 e. The summed E-state index contributed by atoms with van der Waals surface area (Å²) in [7, 11) is -3.12. The van der Waals surface area contributed by atoms with Gasteiger partial charge in [-0.1, -0.05) is 31.4 Å². The summed E-state index contributed by atoms with van der Waals surface area (Å²) in [5.41, 5.74) is 1.42. The monoisotopic (exact) mass is 299 g/mol. The van der Waals surface area contributed by atoms with Gasteiger partial charge in [0.25, 0.3) is 0 Å². The van der Waals surface area contributed by atoms with Crippen molar-refractivity contribution in [2.45, 2.75) is 65.2 Å². The van der Waals surface area contributed by atoms with Crippen molar-refractivity contribution in [2.75, 3.05) is 5.75 Å². The topological polar surface area (TPSA) is 64.8 Å². The fourth-order valence-electron chi connectivity index (χ4n) is 3.19. The molecule has 0 saturated heterocycles. The number of hydrogen-bond acceptors (Lipinski definition) is 4. The smallest absolute Gasteiger partial charge is 0.156 e. The summed E-state index contributed by atoms with van der Waals surface area (Å²) in [5.74, 6) is 0.351. The zero-order valence-electron chi connectivity index (χ0n) is 12.7. The third kappa shape index (κ3) is 3.59. The largest absolute Gasteiger partial charge is 0.248 e. The van der Waals surface area contributed by atoms with Crippen LogP contribution in [0.15, 0.2) is 0 Å². The summed E-state index contributed by atoms with van der Waals surface area (Å²) >= 11 is 0. The third-order valence-corrected chi connectivity index (χ3v) is 6.17. The van der Waals surface area contributed by atoms with Crippen LogP contribution < -0.4 is 0 Å². The number of aryl methyl sites for hydroxylation is 2. The molecule has 1 aliphatic carbocycles. The van der Waals surface area contributed by atoms with Crippen LogP contribution in [0.1, 0.15) is 57.3 Å². The normalized spacial score (nSPS) is 19.1. The number of aromatic nitrogens is 3. The Morgan fingerprint density at radius 3 is 2.50 bits per heavy atom. The molecule has 20 heavy (non-hydrogen) atoms. The predicted octanol–water partition coefficient (Wildman–Crippen LogP) is 2.49. The molecule has 1 aromatic heterocycles. The Balaban J connectivity index is 2.13. The van der Waals surface area contributed by atoms with Gasteiger partial charge in [-0.3, -0.25) is 0 Å². The molecule has 1 fully saturated rings. The lowest BCUT2D eigenvalue weighted by Gasteiger charge is -2.33. The molecule has 0 aliphatic heterocycles. The van der Waals surface area contributed by atoms with E-state index in [4.69, 9.17) is 0 Å². The molecule has 6 heteroatoms. The van der Waals surface area contributed by atoms with E-state index >= 15 is 0 Å². The lowest BCUT2D eigenvalue weighted by atomic mass is 9.77. The molecule has 1 heterocycles. The summed E-state index contributed by atoms with van der Waals surface area (Å²) in [5, 5.41) is 7.97. The van der Waals surface area contributed by atoms with E-state index in [1.54, 1.807) is 4.68 Å². The fraction of sp³-hybridized carbons (Fsp3) is 0.857. The minimum atomic E-state index is -3.12. The van der Waals surface area contributed by atoms with Gasteiger partial charge in [-0.15, -0.1) is 5.10 Å². The minimum Gasteiger partial charge on any atom is -0.248 e. The lowest BCUT2D eigenvalue weighted by molar-refractivity contribution is 0.247. The highest BCUT2D eigenvalue weighted by molar-refractivity contribution is 7.90. The maximum absolute atomic E-state index is 12.5. The minimum absolute atomic E-state index is 0.0461. The zero-order chi connectivity index (χ0) is 14.8. The van der Waals surface area contributed by atoms with E-state index in [0.29, 0.717) is 6.54 Å². The Bertz CT molecular complexity index is 557. The van der Waals surface area contributed by atoms with Crippen LogP contribution in [0.4, 0.5) is 0 Å². The molecule has 0 spiro atoms. The van der Waals surface area contributed by atoms with Gasteiger partial charge in [-0.25, -0.2) is 13.1 Å². The highest BCUT2D eigenvalue weighted by Gasteiger charge is 2.33. The molecular weight excluding hydrogens is 274 g/mol. The molecule has 5 nitrogen and oxygen atoms in total. The quantitative estimate of drug-likeness (QED) is 0.838. The van der Waals surface area contributed by atoms with Gasteiger partial charge in [-0.2, -0.15) is 0 Å². The van der Waals surface area contributed by atoms with Crippen molar-refractivity contribution in [3.8, 4) is 0 Å². The molecule has 1 aliphatic rings. The number of sulfone groups is 1. The van der Waals surface area contributed by atoms with Crippen LogP contribution in [-0.4, -0.2) is 29.2 Å². The molecule has 0 aromatic carbocycles. The highest BCUT2D eigenvalue weighted by atomic mass is 32.2. The van der Waals surface area contributed by atoms with Gasteiger partial charge in [0.15, 0.2) is 9.84 Å².